The molecule has 0 aliphatic carbocycles. The molecule has 36 heavy (non-hydrogen) atoms. The van der Waals surface area contributed by atoms with E-state index in [1.807, 2.05) is 67.1 Å². The Balaban J connectivity index is 1.15. The first-order chi connectivity index (χ1) is 17.5. The minimum atomic E-state index is -0.129. The van der Waals surface area contributed by atoms with Crippen LogP contribution in [0.3, 0.4) is 0 Å². The van der Waals surface area contributed by atoms with Crippen molar-refractivity contribution in [2.75, 3.05) is 6.54 Å². The lowest BCUT2D eigenvalue weighted by molar-refractivity contribution is 0.0933. The van der Waals surface area contributed by atoms with Crippen molar-refractivity contribution in [3.05, 3.63) is 102 Å². The lowest BCUT2D eigenvalue weighted by Crippen LogP contribution is -2.34. The van der Waals surface area contributed by atoms with Crippen LogP contribution in [0.5, 0.6) is 5.75 Å². The van der Waals surface area contributed by atoms with E-state index in [0.29, 0.717) is 17.9 Å². The summed E-state index contributed by atoms with van der Waals surface area (Å²) in [7, 11) is 0. The number of benzene rings is 3. The fraction of sp³-hybridized carbons (Fsp3) is 0.172. The van der Waals surface area contributed by atoms with E-state index >= 15 is 0 Å². The number of aryl methyl sites for hydroxylation is 2. The first kappa shape index (κ1) is 22.0. The van der Waals surface area contributed by atoms with Gasteiger partial charge < -0.3 is 10.1 Å². The molecule has 1 atom stereocenters. The van der Waals surface area contributed by atoms with Gasteiger partial charge in [0.15, 0.2) is 5.82 Å². The van der Waals surface area contributed by atoms with Gasteiger partial charge in [0.1, 0.15) is 11.9 Å². The van der Waals surface area contributed by atoms with E-state index in [-0.39, 0.29) is 12.0 Å². The first-order valence-electron chi connectivity index (χ1n) is 12.0. The van der Waals surface area contributed by atoms with E-state index in [4.69, 9.17) is 4.74 Å². The van der Waals surface area contributed by atoms with Gasteiger partial charge in [-0.05, 0) is 67.1 Å². The molecule has 0 radical (unpaired) electrons. The number of aromatic nitrogens is 4. The van der Waals surface area contributed by atoms with Gasteiger partial charge in [0, 0.05) is 41.2 Å². The van der Waals surface area contributed by atoms with E-state index in [9.17, 15) is 4.79 Å². The van der Waals surface area contributed by atoms with Crippen molar-refractivity contribution in [3.8, 4) is 22.8 Å². The van der Waals surface area contributed by atoms with Crippen molar-refractivity contribution in [1.29, 1.82) is 0 Å². The van der Waals surface area contributed by atoms with E-state index < -0.39 is 0 Å². The van der Waals surface area contributed by atoms with Gasteiger partial charge in [0.05, 0.1) is 17.9 Å². The highest BCUT2D eigenvalue weighted by atomic mass is 16.5. The minimum absolute atomic E-state index is 0.120. The third-order valence-electron chi connectivity index (χ3n) is 6.49. The van der Waals surface area contributed by atoms with Gasteiger partial charge in [0.2, 0.25) is 0 Å². The molecule has 178 valence electrons. The van der Waals surface area contributed by atoms with Crippen LogP contribution in [0.25, 0.3) is 27.8 Å². The average molecular weight is 476 g/mol. The SMILES string of the molecule is Cc1cc(C)n(-c2cccc(C(=O)NC[C@@H]3Cc4c(ccc5cc(-c6ncccn6)ccc45)O3)c2)n1. The minimum Gasteiger partial charge on any atom is -0.488 e. The molecule has 1 N–H and O–H groups in total. The predicted molar refractivity (Wildman–Crippen MR) is 138 cm³/mol. The van der Waals surface area contributed by atoms with Crippen molar-refractivity contribution >= 4 is 16.7 Å². The Hall–Kier alpha value is -4.52. The molecule has 3 heterocycles. The van der Waals surface area contributed by atoms with Gasteiger partial charge >= 0.3 is 0 Å². The highest BCUT2D eigenvalue weighted by Gasteiger charge is 2.25. The van der Waals surface area contributed by atoms with Gasteiger partial charge in [0.25, 0.3) is 5.91 Å². The van der Waals surface area contributed by atoms with Crippen molar-refractivity contribution in [2.24, 2.45) is 0 Å². The smallest absolute Gasteiger partial charge is 0.251 e. The van der Waals surface area contributed by atoms with Crippen molar-refractivity contribution < 1.29 is 9.53 Å². The lowest BCUT2D eigenvalue weighted by atomic mass is 9.99. The molecule has 6 rings (SSSR count). The summed E-state index contributed by atoms with van der Waals surface area (Å²) in [6.45, 7) is 4.39. The van der Waals surface area contributed by atoms with Crippen LogP contribution in [0.2, 0.25) is 0 Å². The van der Waals surface area contributed by atoms with Gasteiger partial charge in [-0.15, -0.1) is 0 Å². The standard InChI is InChI=1S/C29H25N5O2/c1-18-13-19(2)34(33-18)23-6-3-5-22(15-23)29(35)32-17-24-16-26-25-9-7-21(28-30-11-4-12-31-28)14-20(25)8-10-27(26)36-24/h3-15,24H,16-17H2,1-2H3,(H,32,35)/t24-/m0/s1. The number of amides is 1. The maximum absolute atomic E-state index is 12.9. The third kappa shape index (κ3) is 4.09. The molecule has 7 heteroatoms. The quantitative estimate of drug-likeness (QED) is 0.394. The second-order valence-electron chi connectivity index (χ2n) is 9.09. The molecular weight excluding hydrogens is 450 g/mol. The maximum atomic E-state index is 12.9. The molecule has 0 saturated carbocycles. The number of hydrogen-bond acceptors (Lipinski definition) is 5. The number of nitrogens with one attached hydrogen (secondary N) is 1. The molecule has 1 amide bonds. The third-order valence-corrected chi connectivity index (χ3v) is 6.49. The van der Waals surface area contributed by atoms with Crippen LogP contribution in [-0.2, 0) is 6.42 Å². The van der Waals surface area contributed by atoms with E-state index in [1.54, 1.807) is 12.4 Å². The zero-order valence-electron chi connectivity index (χ0n) is 20.1. The summed E-state index contributed by atoms with van der Waals surface area (Å²) in [5.41, 5.74) is 5.57. The molecule has 0 saturated heterocycles. The first-order valence-corrected chi connectivity index (χ1v) is 12.0. The van der Waals surface area contributed by atoms with Crippen molar-refractivity contribution in [1.82, 2.24) is 25.1 Å². The highest BCUT2D eigenvalue weighted by molar-refractivity contribution is 5.95. The van der Waals surface area contributed by atoms with E-state index in [0.717, 1.165) is 45.6 Å². The topological polar surface area (TPSA) is 81.9 Å². The van der Waals surface area contributed by atoms with E-state index in [2.05, 4.69) is 38.6 Å². The number of ether oxygens (including phenoxy) is 1. The molecule has 1 aliphatic rings. The Kier molecular flexibility index (Phi) is 5.45. The van der Waals surface area contributed by atoms with Crippen molar-refractivity contribution in [2.45, 2.75) is 26.4 Å². The van der Waals surface area contributed by atoms with Crippen LogP contribution < -0.4 is 10.1 Å². The summed E-state index contributed by atoms with van der Waals surface area (Å²) in [6.07, 6.45) is 4.11. The van der Waals surface area contributed by atoms with Gasteiger partial charge in [-0.3, -0.25) is 4.79 Å². The van der Waals surface area contributed by atoms with Gasteiger partial charge in [-0.1, -0.05) is 24.3 Å². The van der Waals surface area contributed by atoms with Crippen LogP contribution in [0.1, 0.15) is 27.3 Å². The number of carbonyl (C=O) groups excluding carboxylic acids is 1. The fourth-order valence-electron chi connectivity index (χ4n) is 4.82. The summed E-state index contributed by atoms with van der Waals surface area (Å²) in [5.74, 6) is 1.45. The number of hydrogen-bond donors (Lipinski definition) is 1. The number of carbonyl (C=O) groups is 1. The normalized spacial score (nSPS) is 14.4. The monoisotopic (exact) mass is 475 g/mol. The zero-order chi connectivity index (χ0) is 24.6. The molecule has 0 fully saturated rings. The fourth-order valence-corrected chi connectivity index (χ4v) is 4.82. The van der Waals surface area contributed by atoms with E-state index in [1.165, 1.54) is 5.56 Å². The number of nitrogens with zero attached hydrogens (tertiary/aromatic N) is 4. The Bertz CT molecular complexity index is 1590. The molecule has 5 aromatic rings. The Labute approximate surface area is 208 Å². The summed E-state index contributed by atoms with van der Waals surface area (Å²) in [4.78, 5) is 21.6. The predicted octanol–water partition coefficient (Wildman–Crippen LogP) is 4.83. The summed E-state index contributed by atoms with van der Waals surface area (Å²) in [5, 5.41) is 9.83. The molecule has 0 bridgehead atoms. The van der Waals surface area contributed by atoms with Gasteiger partial charge in [-0.2, -0.15) is 5.10 Å². The molecule has 3 aromatic carbocycles. The molecule has 2 aromatic heterocycles. The summed E-state index contributed by atoms with van der Waals surface area (Å²) in [6, 6.07) is 21.7. The maximum Gasteiger partial charge on any atom is 0.251 e. The Morgan fingerprint density at radius 3 is 2.69 bits per heavy atom. The van der Waals surface area contributed by atoms with Crippen LogP contribution in [-0.4, -0.2) is 38.3 Å². The van der Waals surface area contributed by atoms with Gasteiger partial charge in [-0.25, -0.2) is 14.6 Å². The van der Waals surface area contributed by atoms with Crippen LogP contribution in [0, 0.1) is 13.8 Å². The average Bonchev–Trinajstić information content (AvgIpc) is 3.49. The molecular formula is C29H25N5O2. The Morgan fingerprint density at radius 2 is 1.89 bits per heavy atom. The summed E-state index contributed by atoms with van der Waals surface area (Å²) >= 11 is 0. The molecule has 0 unspecified atom stereocenters. The van der Waals surface area contributed by atoms with Crippen LogP contribution >= 0.6 is 0 Å². The largest absolute Gasteiger partial charge is 0.488 e. The Morgan fingerprint density at radius 1 is 1.03 bits per heavy atom. The lowest BCUT2D eigenvalue weighted by Gasteiger charge is -2.12. The second kappa shape index (κ2) is 8.92. The zero-order valence-corrected chi connectivity index (χ0v) is 20.1. The summed E-state index contributed by atoms with van der Waals surface area (Å²) < 4.78 is 8.02. The molecule has 0 spiro atoms. The number of fused-ring (bicyclic) bond motifs is 3. The number of rotatable bonds is 5. The second-order valence-corrected chi connectivity index (χ2v) is 9.09. The molecule has 1 aliphatic heterocycles. The van der Waals surface area contributed by atoms with Crippen LogP contribution in [0.15, 0.2) is 79.1 Å². The molecule has 7 nitrogen and oxygen atoms in total. The van der Waals surface area contributed by atoms with Crippen molar-refractivity contribution in [3.63, 3.8) is 0 Å². The highest BCUT2D eigenvalue weighted by Crippen LogP contribution is 2.36. The van der Waals surface area contributed by atoms with Crippen LogP contribution in [0.4, 0.5) is 0 Å².